The van der Waals surface area contributed by atoms with Gasteiger partial charge >= 0.3 is 0 Å². The van der Waals surface area contributed by atoms with Gasteiger partial charge in [0.1, 0.15) is 0 Å². The summed E-state index contributed by atoms with van der Waals surface area (Å²) in [6.45, 7) is 3.04. The maximum atomic E-state index is 13.2. The summed E-state index contributed by atoms with van der Waals surface area (Å²) in [5.74, 6) is -0.391. The highest BCUT2D eigenvalue weighted by atomic mass is 16.2. The molecule has 162 valence electrons. The first-order valence-electron chi connectivity index (χ1n) is 10.9. The van der Waals surface area contributed by atoms with Gasteiger partial charge in [-0.05, 0) is 38.0 Å². The van der Waals surface area contributed by atoms with Crippen molar-refractivity contribution in [3.8, 4) is 0 Å². The van der Waals surface area contributed by atoms with Crippen molar-refractivity contribution in [2.45, 2.75) is 25.8 Å². The summed E-state index contributed by atoms with van der Waals surface area (Å²) < 4.78 is 0. The van der Waals surface area contributed by atoms with Gasteiger partial charge in [0.25, 0.3) is 11.8 Å². The van der Waals surface area contributed by atoms with E-state index >= 15 is 0 Å². The highest BCUT2D eigenvalue weighted by Crippen LogP contribution is 2.20. The molecule has 3 aromatic rings. The number of hydrogen-bond acceptors (Lipinski definition) is 3. The van der Waals surface area contributed by atoms with Crippen molar-refractivity contribution >= 4 is 17.6 Å². The molecule has 0 atom stereocenters. The maximum Gasteiger partial charge on any atom is 0.254 e. The number of nitrogens with one attached hydrogen (secondary N) is 1. The van der Waals surface area contributed by atoms with Crippen LogP contribution in [0.2, 0.25) is 0 Å². The zero-order chi connectivity index (χ0) is 22.5. The zero-order valence-electron chi connectivity index (χ0n) is 18.1. The third-order valence-corrected chi connectivity index (χ3v) is 5.87. The lowest BCUT2D eigenvalue weighted by molar-refractivity contribution is 0.0694. The predicted molar refractivity (Wildman–Crippen MR) is 124 cm³/mol. The molecule has 1 aliphatic heterocycles. The van der Waals surface area contributed by atoms with Crippen LogP contribution in [0.3, 0.4) is 0 Å². The molecule has 32 heavy (non-hydrogen) atoms. The predicted octanol–water partition coefficient (Wildman–Crippen LogP) is 4.26. The molecule has 3 aromatic carbocycles. The van der Waals surface area contributed by atoms with Crippen LogP contribution in [0.5, 0.6) is 0 Å². The fraction of sp³-hybridized carbons (Fsp3) is 0.222. The van der Waals surface area contributed by atoms with Crippen molar-refractivity contribution in [3.05, 3.63) is 107 Å². The molecule has 5 heteroatoms. The molecule has 0 bridgehead atoms. The molecular formula is C27H26N2O3. The summed E-state index contributed by atoms with van der Waals surface area (Å²) >= 11 is 0. The Labute approximate surface area is 188 Å². The third-order valence-electron chi connectivity index (χ3n) is 5.87. The number of hydrogen-bond donors (Lipinski definition) is 1. The van der Waals surface area contributed by atoms with Gasteiger partial charge in [0.2, 0.25) is 0 Å². The molecule has 0 radical (unpaired) electrons. The topological polar surface area (TPSA) is 66.5 Å². The smallest absolute Gasteiger partial charge is 0.254 e. The number of likely N-dealkylation sites (tertiary alicyclic amines) is 1. The molecule has 1 aliphatic rings. The van der Waals surface area contributed by atoms with Crippen LogP contribution in [0.4, 0.5) is 0 Å². The number of nitrogens with zero attached hydrogens (tertiary/aromatic N) is 1. The summed E-state index contributed by atoms with van der Waals surface area (Å²) in [6, 6.07) is 23.5. The van der Waals surface area contributed by atoms with Crippen molar-refractivity contribution in [1.82, 2.24) is 10.2 Å². The minimum Gasteiger partial charge on any atom is -0.349 e. The molecule has 0 saturated carbocycles. The Morgan fingerprint density at radius 3 is 2.00 bits per heavy atom. The van der Waals surface area contributed by atoms with Crippen LogP contribution in [-0.2, 0) is 0 Å². The van der Waals surface area contributed by atoms with Crippen LogP contribution in [0.15, 0.2) is 78.9 Å². The van der Waals surface area contributed by atoms with E-state index in [1.807, 2.05) is 37.3 Å². The SMILES string of the molecule is Cc1ccc(C(=O)c2ccccc2C(=O)N2CCC(NC(=O)c3ccccc3)CC2)cc1. The fourth-order valence-electron chi connectivity index (χ4n) is 3.98. The van der Waals surface area contributed by atoms with Gasteiger partial charge in [0, 0.05) is 35.8 Å². The second-order valence-corrected chi connectivity index (χ2v) is 8.15. The van der Waals surface area contributed by atoms with E-state index < -0.39 is 0 Å². The molecular weight excluding hydrogens is 400 g/mol. The standard InChI is InChI=1S/C27H26N2O3/c1-19-11-13-20(14-12-19)25(30)23-9-5-6-10-24(23)27(32)29-17-15-22(16-18-29)28-26(31)21-7-3-2-4-8-21/h2-14,22H,15-18H2,1H3,(H,28,31). The van der Waals surface area contributed by atoms with E-state index in [4.69, 9.17) is 0 Å². The Bertz CT molecular complexity index is 1120. The lowest BCUT2D eigenvalue weighted by Crippen LogP contribution is -2.46. The molecule has 4 rings (SSSR count). The van der Waals surface area contributed by atoms with E-state index in [-0.39, 0.29) is 23.6 Å². The van der Waals surface area contributed by atoms with Crippen molar-refractivity contribution in [1.29, 1.82) is 0 Å². The average Bonchev–Trinajstić information content (AvgIpc) is 2.84. The molecule has 1 heterocycles. The minimum atomic E-state index is -0.154. The second kappa shape index (κ2) is 9.60. The number of ketones is 1. The van der Waals surface area contributed by atoms with Gasteiger partial charge < -0.3 is 10.2 Å². The molecule has 1 N–H and O–H groups in total. The number of amides is 2. The van der Waals surface area contributed by atoms with Crippen LogP contribution < -0.4 is 5.32 Å². The summed E-state index contributed by atoms with van der Waals surface area (Å²) in [4.78, 5) is 40.5. The fourth-order valence-corrected chi connectivity index (χ4v) is 3.98. The number of rotatable bonds is 5. The highest BCUT2D eigenvalue weighted by Gasteiger charge is 2.27. The highest BCUT2D eigenvalue weighted by molar-refractivity contribution is 6.15. The zero-order valence-corrected chi connectivity index (χ0v) is 18.1. The van der Waals surface area contributed by atoms with Crippen molar-refractivity contribution in [3.63, 3.8) is 0 Å². The Morgan fingerprint density at radius 2 is 1.34 bits per heavy atom. The molecule has 0 aliphatic carbocycles. The lowest BCUT2D eigenvalue weighted by Gasteiger charge is -2.32. The first kappa shape index (κ1) is 21.5. The second-order valence-electron chi connectivity index (χ2n) is 8.15. The van der Waals surface area contributed by atoms with Gasteiger partial charge in [-0.3, -0.25) is 14.4 Å². The van der Waals surface area contributed by atoms with E-state index in [1.54, 1.807) is 53.4 Å². The Morgan fingerprint density at radius 1 is 0.750 bits per heavy atom. The van der Waals surface area contributed by atoms with Crippen LogP contribution in [-0.4, -0.2) is 41.6 Å². The molecule has 1 fully saturated rings. The number of carbonyl (C=O) groups is 3. The summed E-state index contributed by atoms with van der Waals surface area (Å²) in [7, 11) is 0. The molecule has 5 nitrogen and oxygen atoms in total. The Kier molecular flexibility index (Phi) is 6.45. The van der Waals surface area contributed by atoms with Gasteiger partial charge in [0.05, 0.1) is 5.56 Å². The van der Waals surface area contributed by atoms with Gasteiger partial charge in [-0.25, -0.2) is 0 Å². The quantitative estimate of drug-likeness (QED) is 0.620. The van der Waals surface area contributed by atoms with E-state index in [2.05, 4.69) is 5.32 Å². The van der Waals surface area contributed by atoms with E-state index in [9.17, 15) is 14.4 Å². The van der Waals surface area contributed by atoms with Crippen molar-refractivity contribution in [2.24, 2.45) is 0 Å². The summed E-state index contributed by atoms with van der Waals surface area (Å²) in [5, 5.41) is 3.06. The molecule has 2 amide bonds. The van der Waals surface area contributed by atoms with E-state index in [0.29, 0.717) is 48.2 Å². The van der Waals surface area contributed by atoms with Crippen molar-refractivity contribution < 1.29 is 14.4 Å². The van der Waals surface area contributed by atoms with Crippen LogP contribution >= 0.6 is 0 Å². The van der Waals surface area contributed by atoms with Crippen LogP contribution in [0.25, 0.3) is 0 Å². The van der Waals surface area contributed by atoms with Crippen LogP contribution in [0.1, 0.15) is 55.0 Å². The number of benzene rings is 3. The van der Waals surface area contributed by atoms with Gasteiger partial charge in [0.15, 0.2) is 5.78 Å². The molecule has 0 aromatic heterocycles. The Balaban J connectivity index is 1.42. The van der Waals surface area contributed by atoms with Gasteiger partial charge in [-0.1, -0.05) is 66.2 Å². The maximum absolute atomic E-state index is 13.2. The molecule has 0 unspecified atom stereocenters. The molecule has 1 saturated heterocycles. The summed E-state index contributed by atoms with van der Waals surface area (Å²) in [5.41, 5.74) is 3.12. The number of carbonyl (C=O) groups excluding carboxylic acids is 3. The third kappa shape index (κ3) is 4.78. The largest absolute Gasteiger partial charge is 0.349 e. The molecule has 0 spiro atoms. The number of piperidine rings is 1. The number of aryl methyl sites for hydroxylation is 1. The van der Waals surface area contributed by atoms with E-state index in [0.717, 1.165) is 5.56 Å². The van der Waals surface area contributed by atoms with Gasteiger partial charge in [-0.15, -0.1) is 0 Å². The minimum absolute atomic E-state index is 0.0243. The summed E-state index contributed by atoms with van der Waals surface area (Å²) in [6.07, 6.45) is 1.36. The average molecular weight is 427 g/mol. The first-order valence-corrected chi connectivity index (χ1v) is 10.9. The van der Waals surface area contributed by atoms with E-state index in [1.165, 1.54) is 0 Å². The van der Waals surface area contributed by atoms with Gasteiger partial charge in [-0.2, -0.15) is 0 Å². The Hall–Kier alpha value is -3.73. The van der Waals surface area contributed by atoms with Crippen molar-refractivity contribution in [2.75, 3.05) is 13.1 Å². The monoisotopic (exact) mass is 426 g/mol. The lowest BCUT2D eigenvalue weighted by atomic mass is 9.96. The normalized spacial score (nSPS) is 14.1. The first-order chi connectivity index (χ1) is 15.5. The van der Waals surface area contributed by atoms with Crippen LogP contribution in [0, 0.1) is 6.92 Å².